The number of oxazole rings is 1. The summed E-state index contributed by atoms with van der Waals surface area (Å²) in [6.07, 6.45) is 1.61. The summed E-state index contributed by atoms with van der Waals surface area (Å²) in [4.78, 5) is 4.21. The lowest BCUT2D eigenvalue weighted by Gasteiger charge is -2.11. The first-order chi connectivity index (χ1) is 5.04. The Morgan fingerprint density at radius 3 is 2.15 bits per heavy atom. The quantitative estimate of drug-likeness (QED) is 0.800. The van der Waals surface area contributed by atoms with Crippen molar-refractivity contribution in [1.82, 2.24) is 4.98 Å². The van der Waals surface area contributed by atoms with Gasteiger partial charge in [0.15, 0.2) is 5.89 Å². The van der Waals surface area contributed by atoms with E-state index in [1.54, 1.807) is 6.26 Å². The molecule has 0 saturated heterocycles. The first-order valence-corrected chi connectivity index (χ1v) is 3.69. The number of hydrogen-bond donors (Lipinski definition) is 1. The van der Waals surface area contributed by atoms with Crippen molar-refractivity contribution in [3.63, 3.8) is 0 Å². The Morgan fingerprint density at radius 1 is 1.38 bits per heavy atom. The third-order valence-electron chi connectivity index (χ3n) is 1.40. The van der Waals surface area contributed by atoms with Crippen LogP contribution in [0, 0.1) is 0 Å². The van der Waals surface area contributed by atoms with Crippen LogP contribution in [0.3, 0.4) is 0 Å². The molecule has 0 spiro atoms. The topological polar surface area (TPSA) is 52.0 Å². The van der Waals surface area contributed by atoms with Crippen molar-refractivity contribution in [3.8, 4) is 0 Å². The summed E-state index contributed by atoms with van der Waals surface area (Å²) in [5.74, 6) is 0.748. The molecule has 0 fully saturated rings. The van der Waals surface area contributed by atoms with Gasteiger partial charge < -0.3 is 10.2 Å². The van der Waals surface area contributed by atoms with Gasteiger partial charge in [-0.05, 0) is 0 Å². The molecule has 5 heteroatoms. The third-order valence-corrected chi connectivity index (χ3v) is 1.40. The van der Waals surface area contributed by atoms with E-state index in [0.29, 0.717) is 6.54 Å². The molecule has 0 unspecified atom stereocenters. The molecule has 0 bridgehead atoms. The molecule has 1 rings (SSSR count). The van der Waals surface area contributed by atoms with Gasteiger partial charge in [0.1, 0.15) is 6.26 Å². The lowest BCUT2D eigenvalue weighted by Crippen LogP contribution is -2.11. The highest BCUT2D eigenvalue weighted by atomic mass is 35.5. The van der Waals surface area contributed by atoms with Crippen molar-refractivity contribution >= 4 is 24.8 Å². The molecule has 13 heavy (non-hydrogen) atoms. The van der Waals surface area contributed by atoms with Gasteiger partial charge in [0.2, 0.25) is 0 Å². The van der Waals surface area contributed by atoms with E-state index in [9.17, 15) is 0 Å². The average Bonchev–Trinajstić information content (AvgIpc) is 2.32. The fraction of sp³-hybridized carbons (Fsp3) is 0.625. The highest BCUT2D eigenvalue weighted by molar-refractivity contribution is 5.85. The largest absolute Gasteiger partial charge is 0.448 e. The summed E-state index contributed by atoms with van der Waals surface area (Å²) >= 11 is 0. The summed E-state index contributed by atoms with van der Waals surface area (Å²) in [6, 6.07) is 0. The van der Waals surface area contributed by atoms with Crippen LogP contribution < -0.4 is 5.73 Å². The van der Waals surface area contributed by atoms with E-state index < -0.39 is 0 Å². The van der Waals surface area contributed by atoms with E-state index in [1.165, 1.54) is 0 Å². The number of aromatic nitrogens is 1. The Balaban J connectivity index is 0. The van der Waals surface area contributed by atoms with Crippen molar-refractivity contribution in [2.45, 2.75) is 32.7 Å². The van der Waals surface area contributed by atoms with Gasteiger partial charge in [-0.3, -0.25) is 0 Å². The van der Waals surface area contributed by atoms with Crippen LogP contribution in [-0.2, 0) is 12.0 Å². The van der Waals surface area contributed by atoms with E-state index in [2.05, 4.69) is 25.8 Å². The molecule has 0 aromatic carbocycles. The van der Waals surface area contributed by atoms with Crippen LogP contribution in [0.1, 0.15) is 32.4 Å². The van der Waals surface area contributed by atoms with Gasteiger partial charge in [-0.1, -0.05) is 20.8 Å². The highest BCUT2D eigenvalue weighted by Gasteiger charge is 2.19. The molecule has 1 aromatic heterocycles. The van der Waals surface area contributed by atoms with Crippen LogP contribution in [0.25, 0.3) is 0 Å². The second kappa shape index (κ2) is 5.47. The molecule has 0 aliphatic rings. The Kier molecular flexibility index (Phi) is 6.41. The predicted octanol–water partition coefficient (Wildman–Crippen LogP) is 2.27. The minimum atomic E-state index is -0.0204. The minimum Gasteiger partial charge on any atom is -0.448 e. The first-order valence-electron chi connectivity index (χ1n) is 3.69. The van der Waals surface area contributed by atoms with E-state index in [1.807, 2.05) is 0 Å². The SMILES string of the molecule is CC(C)(C)c1nc(CN)co1.Cl.Cl. The second-order valence-electron chi connectivity index (χ2n) is 3.60. The zero-order chi connectivity index (χ0) is 8.48. The summed E-state index contributed by atoms with van der Waals surface area (Å²) in [6.45, 7) is 6.61. The van der Waals surface area contributed by atoms with Gasteiger partial charge in [0.05, 0.1) is 5.69 Å². The van der Waals surface area contributed by atoms with Crippen molar-refractivity contribution in [3.05, 3.63) is 17.8 Å². The molecule has 0 radical (unpaired) electrons. The van der Waals surface area contributed by atoms with E-state index in [0.717, 1.165) is 11.6 Å². The Morgan fingerprint density at radius 2 is 1.92 bits per heavy atom. The number of hydrogen-bond acceptors (Lipinski definition) is 3. The number of nitrogens with zero attached hydrogens (tertiary/aromatic N) is 1. The normalized spacial score (nSPS) is 10.2. The Labute approximate surface area is 90.9 Å². The molecule has 3 nitrogen and oxygen atoms in total. The van der Waals surface area contributed by atoms with Gasteiger partial charge in [-0.2, -0.15) is 0 Å². The molecular formula is C8H16Cl2N2O. The molecule has 0 atom stereocenters. The number of rotatable bonds is 1. The summed E-state index contributed by atoms with van der Waals surface area (Å²) in [7, 11) is 0. The smallest absolute Gasteiger partial charge is 0.199 e. The van der Waals surface area contributed by atoms with Gasteiger partial charge in [-0.15, -0.1) is 24.8 Å². The lowest BCUT2D eigenvalue weighted by molar-refractivity contribution is 0.392. The molecule has 0 aliphatic carbocycles. The average molecular weight is 227 g/mol. The predicted molar refractivity (Wildman–Crippen MR) is 57.6 cm³/mol. The maximum Gasteiger partial charge on any atom is 0.199 e. The van der Waals surface area contributed by atoms with Crippen molar-refractivity contribution in [2.24, 2.45) is 5.73 Å². The van der Waals surface area contributed by atoms with Crippen LogP contribution in [0.2, 0.25) is 0 Å². The Hall–Kier alpha value is -0.250. The maximum atomic E-state index is 5.38. The second-order valence-corrected chi connectivity index (χ2v) is 3.60. The molecule has 1 heterocycles. The Bertz CT molecular complexity index is 243. The molecule has 1 aromatic rings. The maximum absolute atomic E-state index is 5.38. The summed E-state index contributed by atoms with van der Waals surface area (Å²) in [5.41, 5.74) is 6.18. The number of halogens is 2. The van der Waals surface area contributed by atoms with E-state index >= 15 is 0 Å². The molecule has 0 amide bonds. The van der Waals surface area contributed by atoms with Crippen LogP contribution in [0.15, 0.2) is 10.7 Å². The molecule has 2 N–H and O–H groups in total. The van der Waals surface area contributed by atoms with Gasteiger partial charge in [0, 0.05) is 12.0 Å². The van der Waals surface area contributed by atoms with Crippen LogP contribution in [0.5, 0.6) is 0 Å². The zero-order valence-electron chi connectivity index (χ0n) is 8.03. The first kappa shape index (κ1) is 15.2. The number of nitrogens with two attached hydrogens (primary N) is 1. The van der Waals surface area contributed by atoms with Gasteiger partial charge in [-0.25, -0.2) is 4.98 Å². The van der Waals surface area contributed by atoms with Crippen LogP contribution >= 0.6 is 24.8 Å². The lowest BCUT2D eigenvalue weighted by atomic mass is 9.97. The standard InChI is InChI=1S/C8H14N2O.2ClH/c1-8(2,3)7-10-6(4-9)5-11-7;;/h5H,4,9H2,1-3H3;2*1H. The zero-order valence-corrected chi connectivity index (χ0v) is 9.67. The highest BCUT2D eigenvalue weighted by Crippen LogP contribution is 2.20. The van der Waals surface area contributed by atoms with Crippen LogP contribution in [0.4, 0.5) is 0 Å². The molecular weight excluding hydrogens is 211 g/mol. The molecule has 0 saturated carbocycles. The third kappa shape index (κ3) is 3.98. The fourth-order valence-corrected chi connectivity index (χ4v) is 0.745. The molecule has 0 aliphatic heterocycles. The van der Waals surface area contributed by atoms with E-state index in [-0.39, 0.29) is 30.2 Å². The fourth-order valence-electron chi connectivity index (χ4n) is 0.745. The molecule has 78 valence electrons. The van der Waals surface area contributed by atoms with Crippen LogP contribution in [-0.4, -0.2) is 4.98 Å². The van der Waals surface area contributed by atoms with E-state index in [4.69, 9.17) is 10.2 Å². The van der Waals surface area contributed by atoms with Crippen molar-refractivity contribution in [2.75, 3.05) is 0 Å². The van der Waals surface area contributed by atoms with Gasteiger partial charge >= 0.3 is 0 Å². The monoisotopic (exact) mass is 226 g/mol. The van der Waals surface area contributed by atoms with Gasteiger partial charge in [0.25, 0.3) is 0 Å². The summed E-state index contributed by atoms with van der Waals surface area (Å²) in [5, 5.41) is 0. The minimum absolute atomic E-state index is 0. The summed E-state index contributed by atoms with van der Waals surface area (Å²) < 4.78 is 5.23. The van der Waals surface area contributed by atoms with Crippen molar-refractivity contribution in [1.29, 1.82) is 0 Å². The van der Waals surface area contributed by atoms with Crippen molar-refractivity contribution < 1.29 is 4.42 Å².